The Labute approximate surface area is 83.9 Å². The molecule has 0 aromatic carbocycles. The van der Waals surface area contributed by atoms with Crippen LogP contribution in [0.1, 0.15) is 24.8 Å². The van der Waals surface area contributed by atoms with E-state index >= 15 is 0 Å². The molecule has 0 spiro atoms. The molecule has 0 aliphatic rings. The molecule has 2 nitrogen and oxygen atoms in total. The van der Waals surface area contributed by atoms with Crippen molar-refractivity contribution in [3.63, 3.8) is 0 Å². The quantitative estimate of drug-likeness (QED) is 0.786. The summed E-state index contributed by atoms with van der Waals surface area (Å²) in [6, 6.07) is 5.06. The van der Waals surface area contributed by atoms with Crippen LogP contribution in [0.5, 0.6) is 0 Å². The Balaban J connectivity index is 2.37. The molecule has 0 amide bonds. The van der Waals surface area contributed by atoms with E-state index in [1.807, 2.05) is 0 Å². The van der Waals surface area contributed by atoms with Crippen molar-refractivity contribution in [2.24, 2.45) is 0 Å². The van der Waals surface area contributed by atoms with Gasteiger partial charge < -0.3 is 10.1 Å². The average molecular weight is 199 g/mol. The fraction of sp³-hybridized carbons (Fsp3) is 0.600. The Bertz CT molecular complexity index is 223. The molecule has 0 saturated carbocycles. The molecule has 1 heterocycles. The summed E-state index contributed by atoms with van der Waals surface area (Å²) < 4.78 is 5.06. The first kappa shape index (κ1) is 10.7. The van der Waals surface area contributed by atoms with Gasteiger partial charge in [-0.3, -0.25) is 0 Å². The second-order valence-corrected chi connectivity index (χ2v) is 4.24. The van der Waals surface area contributed by atoms with Gasteiger partial charge in [0.05, 0.1) is 6.61 Å². The topological polar surface area (TPSA) is 21.3 Å². The first-order valence-corrected chi connectivity index (χ1v) is 5.40. The van der Waals surface area contributed by atoms with Crippen molar-refractivity contribution in [3.05, 3.63) is 22.4 Å². The molecule has 2 atom stereocenters. The lowest BCUT2D eigenvalue weighted by Gasteiger charge is -2.18. The minimum atomic E-state index is 0.405. The van der Waals surface area contributed by atoms with E-state index in [9.17, 15) is 0 Å². The molecule has 0 saturated heterocycles. The maximum Gasteiger partial charge on any atom is 0.0613 e. The molecule has 0 aliphatic carbocycles. The molecule has 1 aromatic rings. The van der Waals surface area contributed by atoms with Crippen LogP contribution >= 0.6 is 11.3 Å². The van der Waals surface area contributed by atoms with E-state index in [1.54, 1.807) is 18.4 Å². The van der Waals surface area contributed by atoms with Gasteiger partial charge in [-0.2, -0.15) is 0 Å². The van der Waals surface area contributed by atoms with Crippen LogP contribution < -0.4 is 5.32 Å². The zero-order valence-electron chi connectivity index (χ0n) is 8.41. The highest BCUT2D eigenvalue weighted by molar-refractivity contribution is 7.10. The minimum absolute atomic E-state index is 0.405. The normalized spacial score (nSPS) is 15.6. The number of rotatable bonds is 5. The van der Waals surface area contributed by atoms with Gasteiger partial charge in [-0.15, -0.1) is 11.3 Å². The first-order valence-electron chi connectivity index (χ1n) is 4.52. The van der Waals surface area contributed by atoms with Crippen molar-refractivity contribution < 1.29 is 4.74 Å². The maximum atomic E-state index is 5.06. The smallest absolute Gasteiger partial charge is 0.0613 e. The fourth-order valence-corrected chi connectivity index (χ4v) is 2.09. The van der Waals surface area contributed by atoms with Gasteiger partial charge in [0.15, 0.2) is 0 Å². The van der Waals surface area contributed by atoms with E-state index in [0.717, 1.165) is 6.61 Å². The number of hydrogen-bond acceptors (Lipinski definition) is 3. The highest BCUT2D eigenvalue weighted by atomic mass is 32.1. The van der Waals surface area contributed by atoms with Crippen LogP contribution in [0.3, 0.4) is 0 Å². The molecule has 0 radical (unpaired) electrons. The van der Waals surface area contributed by atoms with Crippen molar-refractivity contribution >= 4 is 11.3 Å². The standard InChI is InChI=1S/C10H17NOS/c1-8(7-12-3)11-9(2)10-5-4-6-13-10/h4-6,8-9,11H,7H2,1-3H3/t8-,9-/m0/s1. The highest BCUT2D eigenvalue weighted by Crippen LogP contribution is 2.18. The maximum absolute atomic E-state index is 5.06. The lowest BCUT2D eigenvalue weighted by atomic mass is 10.2. The molecule has 1 N–H and O–H groups in total. The second-order valence-electron chi connectivity index (χ2n) is 3.26. The molecular weight excluding hydrogens is 182 g/mol. The summed E-state index contributed by atoms with van der Waals surface area (Å²) in [7, 11) is 1.73. The zero-order valence-corrected chi connectivity index (χ0v) is 9.23. The summed E-state index contributed by atoms with van der Waals surface area (Å²) in [5.41, 5.74) is 0. The Kier molecular flexibility index (Phi) is 4.42. The summed E-state index contributed by atoms with van der Waals surface area (Å²) in [6.45, 7) is 5.07. The third kappa shape index (κ3) is 3.46. The minimum Gasteiger partial charge on any atom is -0.383 e. The van der Waals surface area contributed by atoms with Crippen LogP contribution in [0.2, 0.25) is 0 Å². The van der Waals surface area contributed by atoms with Crippen LogP contribution in [0.25, 0.3) is 0 Å². The summed E-state index contributed by atoms with van der Waals surface area (Å²) in [5, 5.41) is 5.57. The lowest BCUT2D eigenvalue weighted by Crippen LogP contribution is -2.32. The molecule has 13 heavy (non-hydrogen) atoms. The number of methoxy groups -OCH3 is 1. The van der Waals surface area contributed by atoms with E-state index in [0.29, 0.717) is 12.1 Å². The van der Waals surface area contributed by atoms with E-state index in [4.69, 9.17) is 4.74 Å². The molecular formula is C10H17NOS. The first-order chi connectivity index (χ1) is 6.24. The number of thiophene rings is 1. The molecule has 74 valence electrons. The van der Waals surface area contributed by atoms with E-state index < -0.39 is 0 Å². The van der Waals surface area contributed by atoms with Gasteiger partial charge in [-0.05, 0) is 25.3 Å². The molecule has 0 bridgehead atoms. The van der Waals surface area contributed by atoms with Gasteiger partial charge in [0.25, 0.3) is 0 Å². The fourth-order valence-electron chi connectivity index (χ4n) is 1.34. The van der Waals surface area contributed by atoms with Gasteiger partial charge in [0.1, 0.15) is 0 Å². The van der Waals surface area contributed by atoms with Crippen LogP contribution in [0.4, 0.5) is 0 Å². The Morgan fingerprint density at radius 2 is 2.31 bits per heavy atom. The van der Waals surface area contributed by atoms with Crippen molar-refractivity contribution in [1.82, 2.24) is 5.32 Å². The third-order valence-electron chi connectivity index (χ3n) is 1.92. The number of ether oxygens (including phenoxy) is 1. The lowest BCUT2D eigenvalue weighted by molar-refractivity contribution is 0.168. The van der Waals surface area contributed by atoms with Gasteiger partial charge in [-0.25, -0.2) is 0 Å². The second kappa shape index (κ2) is 5.37. The summed E-state index contributed by atoms with van der Waals surface area (Å²) >= 11 is 1.79. The van der Waals surface area contributed by atoms with Crippen molar-refractivity contribution in [2.45, 2.75) is 25.9 Å². The average Bonchev–Trinajstić information content (AvgIpc) is 2.55. The monoisotopic (exact) mass is 199 g/mol. The summed E-state index contributed by atoms with van der Waals surface area (Å²) in [6.07, 6.45) is 0. The SMILES string of the molecule is COC[C@H](C)N[C@@H](C)c1cccs1. The van der Waals surface area contributed by atoms with Gasteiger partial charge in [-0.1, -0.05) is 6.07 Å². The van der Waals surface area contributed by atoms with Gasteiger partial charge in [0, 0.05) is 24.1 Å². The third-order valence-corrected chi connectivity index (χ3v) is 2.98. The van der Waals surface area contributed by atoms with Crippen LogP contribution in [0.15, 0.2) is 17.5 Å². The Hall–Kier alpha value is -0.380. The predicted octanol–water partition coefficient (Wildman–Crippen LogP) is 2.43. The van der Waals surface area contributed by atoms with Crippen molar-refractivity contribution in [3.8, 4) is 0 Å². The highest BCUT2D eigenvalue weighted by Gasteiger charge is 2.09. The molecule has 3 heteroatoms. The van der Waals surface area contributed by atoms with Crippen LogP contribution in [-0.2, 0) is 4.74 Å². The zero-order chi connectivity index (χ0) is 9.68. The van der Waals surface area contributed by atoms with Crippen molar-refractivity contribution in [1.29, 1.82) is 0 Å². The van der Waals surface area contributed by atoms with E-state index in [2.05, 4.69) is 36.7 Å². The molecule has 0 unspecified atom stereocenters. The molecule has 0 fully saturated rings. The van der Waals surface area contributed by atoms with Gasteiger partial charge in [0.2, 0.25) is 0 Å². The Morgan fingerprint density at radius 1 is 1.54 bits per heavy atom. The molecule has 1 aromatic heterocycles. The number of hydrogen-bond donors (Lipinski definition) is 1. The predicted molar refractivity (Wildman–Crippen MR) is 57.2 cm³/mol. The summed E-state index contributed by atoms with van der Waals surface area (Å²) in [4.78, 5) is 1.38. The molecule has 1 rings (SSSR count). The van der Waals surface area contributed by atoms with Crippen LogP contribution in [0, 0.1) is 0 Å². The molecule has 0 aliphatic heterocycles. The van der Waals surface area contributed by atoms with E-state index in [-0.39, 0.29) is 0 Å². The van der Waals surface area contributed by atoms with Crippen molar-refractivity contribution in [2.75, 3.05) is 13.7 Å². The van der Waals surface area contributed by atoms with Crippen LogP contribution in [-0.4, -0.2) is 19.8 Å². The summed E-state index contributed by atoms with van der Waals surface area (Å²) in [5.74, 6) is 0. The Morgan fingerprint density at radius 3 is 2.85 bits per heavy atom. The number of nitrogens with one attached hydrogen (secondary N) is 1. The van der Waals surface area contributed by atoms with E-state index in [1.165, 1.54) is 4.88 Å². The van der Waals surface area contributed by atoms with Gasteiger partial charge >= 0.3 is 0 Å². The largest absolute Gasteiger partial charge is 0.383 e.